The van der Waals surface area contributed by atoms with Crippen molar-refractivity contribution < 1.29 is 27.5 Å². The molecule has 2 amide bonds. The number of halogens is 3. The van der Waals surface area contributed by atoms with Crippen LogP contribution in [-0.4, -0.2) is 47.1 Å². The van der Waals surface area contributed by atoms with E-state index in [0.717, 1.165) is 11.1 Å². The zero-order valence-corrected chi connectivity index (χ0v) is 16.2. The summed E-state index contributed by atoms with van der Waals surface area (Å²) in [4.78, 5) is 31.2. The van der Waals surface area contributed by atoms with Crippen molar-refractivity contribution in [1.29, 1.82) is 0 Å². The van der Waals surface area contributed by atoms with E-state index < -0.39 is 29.0 Å². The fourth-order valence-corrected chi connectivity index (χ4v) is 3.91. The highest BCUT2D eigenvalue weighted by Crippen LogP contribution is 2.44. The van der Waals surface area contributed by atoms with E-state index in [9.17, 15) is 22.8 Å². The molecule has 6 nitrogen and oxygen atoms in total. The van der Waals surface area contributed by atoms with E-state index in [2.05, 4.69) is 4.98 Å². The molecule has 2 aliphatic rings. The molecule has 0 bridgehead atoms. The Kier molecular flexibility index (Phi) is 5.05. The van der Waals surface area contributed by atoms with Crippen molar-refractivity contribution in [3.8, 4) is 0 Å². The van der Waals surface area contributed by atoms with Gasteiger partial charge in [-0.25, -0.2) is 9.78 Å². The molecule has 154 valence electrons. The lowest BCUT2D eigenvalue weighted by Crippen LogP contribution is -2.48. The first kappa shape index (κ1) is 20.4. The largest absolute Gasteiger partial charge is 0.444 e. The molecule has 9 heteroatoms. The molecule has 0 saturated carbocycles. The van der Waals surface area contributed by atoms with Crippen molar-refractivity contribution in [2.24, 2.45) is 5.41 Å². The molecule has 2 fully saturated rings. The molecule has 3 rings (SSSR count). The number of amides is 2. The number of likely N-dealkylation sites (tertiary alicyclic amines) is 1. The predicted molar refractivity (Wildman–Crippen MR) is 95.7 cm³/mol. The number of carbonyl (C=O) groups is 2. The van der Waals surface area contributed by atoms with Crippen LogP contribution < -0.4 is 4.90 Å². The number of alkyl halides is 3. The summed E-state index contributed by atoms with van der Waals surface area (Å²) in [7, 11) is 0. The van der Waals surface area contributed by atoms with E-state index in [1.165, 1.54) is 12.1 Å². The van der Waals surface area contributed by atoms with Gasteiger partial charge in [0.1, 0.15) is 5.60 Å². The number of nitrogens with zero attached hydrogens (tertiary/aromatic N) is 3. The van der Waals surface area contributed by atoms with Gasteiger partial charge in [0, 0.05) is 37.7 Å². The first-order valence-electron chi connectivity index (χ1n) is 9.21. The second-order valence-electron chi connectivity index (χ2n) is 8.53. The van der Waals surface area contributed by atoms with E-state index in [4.69, 9.17) is 4.74 Å². The Balaban J connectivity index is 1.82. The lowest BCUT2D eigenvalue weighted by molar-refractivity contribution is -0.140. The fourth-order valence-electron chi connectivity index (χ4n) is 3.91. The van der Waals surface area contributed by atoms with E-state index in [-0.39, 0.29) is 31.1 Å². The van der Waals surface area contributed by atoms with Gasteiger partial charge in [-0.05, 0) is 45.7 Å². The van der Waals surface area contributed by atoms with Crippen LogP contribution in [0.25, 0.3) is 0 Å². The highest BCUT2D eigenvalue weighted by molar-refractivity contribution is 5.97. The minimum Gasteiger partial charge on any atom is -0.444 e. The van der Waals surface area contributed by atoms with Gasteiger partial charge in [-0.15, -0.1) is 0 Å². The third kappa shape index (κ3) is 4.23. The molecule has 3 heterocycles. The van der Waals surface area contributed by atoms with Crippen LogP contribution in [0.2, 0.25) is 0 Å². The summed E-state index contributed by atoms with van der Waals surface area (Å²) < 4.78 is 45.4. The Morgan fingerprint density at radius 1 is 1.25 bits per heavy atom. The molecule has 1 spiro atoms. The van der Waals surface area contributed by atoms with Crippen LogP contribution in [0.5, 0.6) is 0 Å². The van der Waals surface area contributed by atoms with Gasteiger partial charge >= 0.3 is 12.3 Å². The van der Waals surface area contributed by atoms with Crippen LogP contribution in [0.1, 0.15) is 45.7 Å². The molecule has 0 radical (unpaired) electrons. The van der Waals surface area contributed by atoms with Gasteiger partial charge in [0.2, 0.25) is 5.91 Å². The quantitative estimate of drug-likeness (QED) is 0.720. The molecule has 2 aliphatic heterocycles. The molecule has 0 aliphatic carbocycles. The number of pyridine rings is 1. The average Bonchev–Trinajstić information content (AvgIpc) is 2.88. The first-order valence-corrected chi connectivity index (χ1v) is 9.21. The van der Waals surface area contributed by atoms with Gasteiger partial charge in [-0.1, -0.05) is 0 Å². The van der Waals surface area contributed by atoms with Crippen LogP contribution in [0.4, 0.5) is 23.7 Å². The normalized spacial score (nSPS) is 23.4. The van der Waals surface area contributed by atoms with Gasteiger partial charge in [-0.3, -0.25) is 4.79 Å². The second kappa shape index (κ2) is 6.93. The zero-order valence-electron chi connectivity index (χ0n) is 16.2. The maximum atomic E-state index is 13.3. The van der Waals surface area contributed by atoms with Gasteiger partial charge in [-0.2, -0.15) is 13.2 Å². The molecule has 1 aromatic rings. The van der Waals surface area contributed by atoms with Gasteiger partial charge in [0.25, 0.3) is 0 Å². The number of rotatable bonds is 1. The summed E-state index contributed by atoms with van der Waals surface area (Å²) in [5, 5.41) is 0. The maximum Gasteiger partial charge on any atom is 0.435 e. The van der Waals surface area contributed by atoms with Gasteiger partial charge < -0.3 is 14.5 Å². The number of carbonyl (C=O) groups excluding carboxylic acids is 2. The Labute approximate surface area is 161 Å². The van der Waals surface area contributed by atoms with E-state index in [1.54, 1.807) is 25.7 Å². The predicted octanol–water partition coefficient (Wildman–Crippen LogP) is 3.85. The van der Waals surface area contributed by atoms with Crippen molar-refractivity contribution in [2.75, 3.05) is 24.5 Å². The van der Waals surface area contributed by atoms with Crippen molar-refractivity contribution in [3.05, 3.63) is 24.0 Å². The summed E-state index contributed by atoms with van der Waals surface area (Å²) in [6, 6.07) is 2.65. The summed E-state index contributed by atoms with van der Waals surface area (Å²) in [5.74, 6) is -0.385. The summed E-state index contributed by atoms with van der Waals surface area (Å²) in [6.45, 7) is 6.22. The highest BCUT2D eigenvalue weighted by Gasteiger charge is 2.49. The van der Waals surface area contributed by atoms with Crippen LogP contribution in [0, 0.1) is 5.41 Å². The Bertz CT molecular complexity index is 776. The SMILES string of the molecule is CC(C)(C)OC(=O)N1CCCC2(CC(=O)N(c3cccnc3C(F)(F)F)C2)C1. The number of hydrogen-bond acceptors (Lipinski definition) is 4. The Morgan fingerprint density at radius 2 is 1.96 bits per heavy atom. The maximum absolute atomic E-state index is 13.3. The smallest absolute Gasteiger partial charge is 0.435 e. The Morgan fingerprint density at radius 3 is 2.61 bits per heavy atom. The molecule has 0 N–H and O–H groups in total. The van der Waals surface area contributed by atoms with Gasteiger partial charge in [0.15, 0.2) is 5.69 Å². The fraction of sp³-hybridized carbons (Fsp3) is 0.632. The first-order chi connectivity index (χ1) is 12.9. The van der Waals surface area contributed by atoms with Crippen molar-refractivity contribution in [3.63, 3.8) is 0 Å². The standard InChI is InChI=1S/C19H24F3N3O3/c1-17(2,3)28-16(27)24-9-5-7-18(11-24)10-14(26)25(12-18)13-6-4-8-23-15(13)19(20,21)22/h4,6,8H,5,7,9-12H2,1-3H3. The van der Waals surface area contributed by atoms with Gasteiger partial charge in [0.05, 0.1) is 5.69 Å². The van der Waals surface area contributed by atoms with Crippen LogP contribution >= 0.6 is 0 Å². The molecule has 28 heavy (non-hydrogen) atoms. The summed E-state index contributed by atoms with van der Waals surface area (Å²) >= 11 is 0. The molecule has 1 atom stereocenters. The molecule has 1 unspecified atom stereocenters. The number of anilines is 1. The number of aromatic nitrogens is 1. The van der Waals surface area contributed by atoms with Crippen LogP contribution in [0.15, 0.2) is 18.3 Å². The third-order valence-electron chi connectivity index (χ3n) is 4.98. The minimum absolute atomic E-state index is 0.0957. The minimum atomic E-state index is -4.65. The molecule has 0 aromatic carbocycles. The number of ether oxygens (including phenoxy) is 1. The van der Waals surface area contributed by atoms with Crippen LogP contribution in [0.3, 0.4) is 0 Å². The number of piperidine rings is 1. The van der Waals surface area contributed by atoms with E-state index in [0.29, 0.717) is 19.4 Å². The van der Waals surface area contributed by atoms with E-state index in [1.807, 2.05) is 0 Å². The van der Waals surface area contributed by atoms with Crippen molar-refractivity contribution in [2.45, 2.75) is 51.8 Å². The van der Waals surface area contributed by atoms with Crippen molar-refractivity contribution >= 4 is 17.7 Å². The summed E-state index contributed by atoms with van der Waals surface area (Å²) in [6.07, 6.45) is -2.63. The highest BCUT2D eigenvalue weighted by atomic mass is 19.4. The summed E-state index contributed by atoms with van der Waals surface area (Å²) in [5.41, 5.74) is -2.52. The lowest BCUT2D eigenvalue weighted by Gasteiger charge is -2.40. The van der Waals surface area contributed by atoms with E-state index >= 15 is 0 Å². The lowest BCUT2D eigenvalue weighted by atomic mass is 9.79. The topological polar surface area (TPSA) is 62.7 Å². The Hall–Kier alpha value is -2.32. The van der Waals surface area contributed by atoms with Crippen LogP contribution in [-0.2, 0) is 15.7 Å². The average molecular weight is 399 g/mol. The second-order valence-corrected chi connectivity index (χ2v) is 8.53. The third-order valence-corrected chi connectivity index (χ3v) is 4.98. The molecular formula is C19H24F3N3O3. The number of hydrogen-bond donors (Lipinski definition) is 0. The zero-order chi connectivity index (χ0) is 20.7. The monoisotopic (exact) mass is 399 g/mol. The van der Waals surface area contributed by atoms with Crippen molar-refractivity contribution in [1.82, 2.24) is 9.88 Å². The molecule has 2 saturated heterocycles. The molecule has 1 aromatic heterocycles. The molecular weight excluding hydrogens is 375 g/mol.